The maximum atomic E-state index is 13.3. The predicted octanol–water partition coefficient (Wildman–Crippen LogP) is 8.35. The molecule has 0 aliphatic carbocycles. The predicted molar refractivity (Wildman–Crippen MR) is 325 cm³/mol. The Morgan fingerprint density at radius 3 is 1.45 bits per heavy atom. The lowest BCUT2D eigenvalue weighted by Gasteiger charge is -2.32. The van der Waals surface area contributed by atoms with Gasteiger partial charge in [-0.05, 0) is 108 Å². The lowest BCUT2D eigenvalue weighted by Crippen LogP contribution is -2.53. The van der Waals surface area contributed by atoms with Crippen LogP contribution in [0, 0.1) is 5.92 Å². The van der Waals surface area contributed by atoms with Gasteiger partial charge in [0.2, 0.25) is 0 Å². The highest BCUT2D eigenvalue weighted by molar-refractivity contribution is 7.91. The molecular formula is C57H75Cl3N6O18S3. The zero-order chi connectivity index (χ0) is 66.3. The molecule has 2 aromatic carbocycles. The highest BCUT2D eigenvalue weighted by Gasteiger charge is 2.41. The number of benzene rings is 2. The third kappa shape index (κ3) is 22.3. The number of hydrogen-bond acceptors (Lipinski definition) is 18. The Balaban J connectivity index is 0.000000365. The van der Waals surface area contributed by atoms with Gasteiger partial charge in [0.05, 0.1) is 70.6 Å². The Kier molecular flexibility index (Phi) is 26.8. The van der Waals surface area contributed by atoms with Gasteiger partial charge >= 0.3 is 30.1 Å². The number of nitrogens with one attached hydrogen (secondary N) is 1. The Bertz CT molecular complexity index is 3600. The molecular weight excluding hydrogens is 1260 g/mol. The second-order valence-electron chi connectivity index (χ2n) is 21.5. The van der Waals surface area contributed by atoms with Gasteiger partial charge in [0.15, 0.2) is 35.6 Å². The van der Waals surface area contributed by atoms with Gasteiger partial charge in [-0.3, -0.25) is 14.4 Å². The van der Waals surface area contributed by atoms with Crippen LogP contribution in [0.2, 0.25) is 15.1 Å². The van der Waals surface area contributed by atoms with Crippen LogP contribution in [-0.4, -0.2) is 161 Å². The molecule has 24 nitrogen and oxygen atoms in total. The summed E-state index contributed by atoms with van der Waals surface area (Å²) in [4.78, 5) is 90.5. The molecule has 4 amide bonds. The van der Waals surface area contributed by atoms with E-state index < -0.39 is 82.8 Å². The molecule has 3 aromatic heterocycles. The van der Waals surface area contributed by atoms with Crippen LogP contribution in [0.3, 0.4) is 0 Å². The number of sulfone groups is 3. The minimum atomic E-state index is -3.48. The molecule has 0 saturated heterocycles. The second kappa shape index (κ2) is 31.3. The summed E-state index contributed by atoms with van der Waals surface area (Å²) in [6, 6.07) is 9.83. The van der Waals surface area contributed by atoms with Crippen LogP contribution in [0.1, 0.15) is 94.2 Å². The van der Waals surface area contributed by atoms with Crippen molar-refractivity contribution < 1.29 is 82.5 Å². The highest BCUT2D eigenvalue weighted by Crippen LogP contribution is 2.35. The van der Waals surface area contributed by atoms with Gasteiger partial charge in [-0.1, -0.05) is 55.6 Å². The van der Waals surface area contributed by atoms with Crippen molar-refractivity contribution in [2.45, 2.75) is 133 Å². The second-order valence-corrected chi connectivity index (χ2v) is 28.7. The molecule has 30 heteroatoms. The van der Waals surface area contributed by atoms with E-state index in [0.29, 0.717) is 46.1 Å². The quantitative estimate of drug-likeness (QED) is 0.0716. The zero-order valence-corrected chi connectivity index (χ0v) is 55.7. The first-order chi connectivity index (χ1) is 40.2. The average molecular weight is 1330 g/mol. The molecule has 0 saturated carbocycles. The number of fused-ring (bicyclic) bond motifs is 1. The summed E-state index contributed by atoms with van der Waals surface area (Å²) in [5.41, 5.74) is -0.0161. The molecule has 87 heavy (non-hydrogen) atoms. The van der Waals surface area contributed by atoms with Crippen LogP contribution in [0.4, 0.5) is 9.59 Å². The van der Waals surface area contributed by atoms with Gasteiger partial charge in [-0.15, -0.1) is 0 Å². The maximum Gasteiger partial charge on any atom is 0.420 e. The fourth-order valence-electron chi connectivity index (χ4n) is 7.97. The van der Waals surface area contributed by atoms with Gasteiger partial charge in [0.1, 0.15) is 17.2 Å². The van der Waals surface area contributed by atoms with Crippen molar-refractivity contribution in [3.63, 3.8) is 0 Å². The fraction of sp³-hybridized carbons (Fsp3) is 0.456. The molecule has 3 unspecified atom stereocenters. The Morgan fingerprint density at radius 1 is 0.621 bits per heavy atom. The summed E-state index contributed by atoms with van der Waals surface area (Å²) in [5.74, 6) is -3.12. The van der Waals surface area contributed by atoms with E-state index >= 15 is 0 Å². The number of ether oxygens (including phenoxy) is 5. The molecule has 1 aliphatic heterocycles. The fourth-order valence-corrected chi connectivity index (χ4v) is 10.8. The van der Waals surface area contributed by atoms with Crippen LogP contribution < -0.4 is 5.32 Å². The largest absolute Gasteiger partial charge is 0.469 e. The summed E-state index contributed by atoms with van der Waals surface area (Å²) in [5, 5.41) is 3.32. The van der Waals surface area contributed by atoms with Crippen LogP contribution in [0.5, 0.6) is 0 Å². The van der Waals surface area contributed by atoms with Crippen LogP contribution in [0.25, 0.3) is 0 Å². The number of imide groups is 1. The summed E-state index contributed by atoms with van der Waals surface area (Å²) < 4.78 is 98.7. The summed E-state index contributed by atoms with van der Waals surface area (Å²) in [7, 11) is -6.49. The normalized spacial score (nSPS) is 13.4. The number of carbonyl (C=O) groups is 7. The van der Waals surface area contributed by atoms with Crippen molar-refractivity contribution in [1.82, 2.24) is 28.8 Å². The monoisotopic (exact) mass is 1330 g/mol. The lowest BCUT2D eigenvalue weighted by molar-refractivity contribution is -0.147. The maximum absolute atomic E-state index is 13.3. The minimum Gasteiger partial charge on any atom is -0.469 e. The Morgan fingerprint density at radius 2 is 1.05 bits per heavy atom. The van der Waals surface area contributed by atoms with Crippen molar-refractivity contribution in [1.29, 1.82) is 0 Å². The average Bonchev–Trinajstić information content (AvgIpc) is 1.79. The highest BCUT2D eigenvalue weighted by atomic mass is 35.5. The summed E-state index contributed by atoms with van der Waals surface area (Å²) >= 11 is 19.1. The van der Waals surface area contributed by atoms with Crippen molar-refractivity contribution in [2.24, 2.45) is 5.92 Å². The smallest absolute Gasteiger partial charge is 0.420 e. The van der Waals surface area contributed by atoms with Crippen LogP contribution >= 0.6 is 34.8 Å². The van der Waals surface area contributed by atoms with Gasteiger partial charge in [-0.25, -0.2) is 44.4 Å². The third-order valence-electron chi connectivity index (χ3n) is 12.1. The number of aromatic nitrogens is 3. The van der Waals surface area contributed by atoms with Crippen molar-refractivity contribution >= 4 is 106 Å². The summed E-state index contributed by atoms with van der Waals surface area (Å²) in [6.45, 7) is 16.0. The van der Waals surface area contributed by atoms with E-state index in [1.165, 1.54) is 72.5 Å². The van der Waals surface area contributed by atoms with Gasteiger partial charge in [-0.2, -0.15) is 4.90 Å². The number of rotatable bonds is 16. The van der Waals surface area contributed by atoms with Crippen molar-refractivity contribution in [3.05, 3.63) is 123 Å². The van der Waals surface area contributed by atoms with Crippen molar-refractivity contribution in [3.8, 4) is 0 Å². The van der Waals surface area contributed by atoms with E-state index in [2.05, 4.69) is 10.1 Å². The van der Waals surface area contributed by atoms with E-state index in [9.17, 15) is 58.8 Å². The number of amides is 4. The molecule has 0 fully saturated rings. The number of methoxy groups -OCH3 is 3. The first-order valence-corrected chi connectivity index (χ1v) is 33.4. The number of halogens is 3. The molecule has 1 aliphatic rings. The molecule has 1 N–H and O–H groups in total. The van der Waals surface area contributed by atoms with Crippen LogP contribution in [-0.2, 0) is 100 Å². The number of carbonyl (C=O) groups excluding carboxylic acids is 7. The first-order valence-electron chi connectivity index (χ1n) is 26.6. The third-order valence-corrected chi connectivity index (χ3v) is 16.3. The van der Waals surface area contributed by atoms with Gasteiger partial charge in [0, 0.05) is 86.2 Å². The van der Waals surface area contributed by atoms with Gasteiger partial charge in [0.25, 0.3) is 11.8 Å². The first kappa shape index (κ1) is 74.3. The topological polar surface area (TPSA) is 301 Å². The number of hydrogen-bond donors (Lipinski definition) is 1. The molecule has 4 heterocycles. The zero-order valence-electron chi connectivity index (χ0n) is 51.0. The molecule has 0 radical (unpaired) electrons. The number of esters is 3. The Labute approximate surface area is 523 Å². The molecule has 3 atom stereocenters. The van der Waals surface area contributed by atoms with Crippen molar-refractivity contribution in [2.75, 3.05) is 46.6 Å². The van der Waals surface area contributed by atoms with E-state index in [4.69, 9.17) is 53.8 Å². The SMILES string of the molecule is CC.COC(=O)C(C)Cn1ccc(S(C)(=O)=O)c1.COC(=O)C(Cn1ccc(S(C)(=O)=O)c1)N(C(=O)OC(C)(C)C)C(=O)OC(C)(C)C.COC(=O)C(Cn1ccc(S(C)(=O)=O)c1)NC(=O)c1c(Cl)cc2c(c1Cl)CCN(C(=O)c1ccc(Cl)cc1)C2. The van der Waals surface area contributed by atoms with E-state index in [0.717, 1.165) is 25.9 Å². The minimum absolute atomic E-state index is 0.00667. The van der Waals surface area contributed by atoms with Gasteiger partial charge < -0.3 is 47.6 Å². The molecule has 0 bridgehead atoms. The lowest BCUT2D eigenvalue weighted by atomic mass is 9.96. The van der Waals surface area contributed by atoms with E-state index in [-0.39, 0.29) is 67.7 Å². The molecule has 5 aromatic rings. The Hall–Kier alpha value is -6.91. The molecule has 480 valence electrons. The van der Waals surface area contributed by atoms with E-state index in [1.54, 1.807) is 94.5 Å². The van der Waals surface area contributed by atoms with E-state index in [1.807, 2.05) is 13.8 Å². The standard InChI is InChI=1S/C26H24Cl3N3O6S.C19H30N2O8S.C10H15NO4S.C2H6/c1-38-26(35)21(14-31-9-7-18(13-31)39(2,36)37)30-24(33)22-20(28)11-16-12-32(10-8-19(16)23(22)29)25(34)15-3-5-17(27)6-4-15;1-18(2,3)28-16(23)21(17(24)29-19(4,5)6)14(15(22)27-7)12-20-10-9-13(11-20)30(8,25)26;1-8(10(12)15-2)6-11-5-4-9(7-11)16(3,13)14;1-2/h3-7,9,11,13,21H,8,10,12,14H2,1-2H3,(H,30,33);9-11,14H,12H2,1-8H3;4-5,7-8H,6H2,1-3H3;1-2H3. The van der Waals surface area contributed by atoms with Crippen LogP contribution in [0.15, 0.2) is 100 Å². The number of nitrogens with zero attached hydrogens (tertiary/aromatic N) is 5. The molecule has 6 rings (SSSR count). The summed E-state index contributed by atoms with van der Waals surface area (Å²) in [6.07, 6.45) is 10.1. The molecule has 0 spiro atoms.